The van der Waals surface area contributed by atoms with Crippen molar-refractivity contribution in [3.63, 3.8) is 0 Å². The summed E-state index contributed by atoms with van der Waals surface area (Å²) in [5.41, 5.74) is 7.51. The van der Waals surface area contributed by atoms with E-state index in [1.165, 1.54) is 0 Å². The lowest BCUT2D eigenvalue weighted by atomic mass is 10.1. The van der Waals surface area contributed by atoms with E-state index in [4.69, 9.17) is 30.5 Å². The molecule has 0 aromatic heterocycles. The molecule has 0 aromatic carbocycles. The van der Waals surface area contributed by atoms with Crippen LogP contribution in [-0.2, 0) is 19.1 Å². The highest BCUT2D eigenvalue weighted by Gasteiger charge is 2.23. The van der Waals surface area contributed by atoms with Gasteiger partial charge in [0, 0.05) is 0 Å². The van der Waals surface area contributed by atoms with Gasteiger partial charge in [-0.05, 0) is 25.0 Å². The Morgan fingerprint density at radius 3 is 2.35 bits per heavy atom. The smallest absolute Gasteiger partial charge is 0.341 e. The van der Waals surface area contributed by atoms with Gasteiger partial charge in [0.05, 0.1) is 6.61 Å². The number of ether oxygens (including phenoxy) is 2. The number of carboxylic acids is 2. The van der Waals surface area contributed by atoms with Crippen LogP contribution in [0, 0.1) is 0 Å². The van der Waals surface area contributed by atoms with Gasteiger partial charge in [-0.3, -0.25) is 4.79 Å². The molecule has 0 saturated carbocycles. The molecular weight excluding hydrogens is 310 g/mol. The maximum atomic E-state index is 10.9. The summed E-state index contributed by atoms with van der Waals surface area (Å²) in [5.74, 6) is -3.65. The third-order valence-corrected chi connectivity index (χ3v) is 2.52. The second-order valence-electron chi connectivity index (χ2n) is 4.55. The monoisotopic (exact) mass is 331 g/mol. The van der Waals surface area contributed by atoms with Crippen molar-refractivity contribution >= 4 is 11.9 Å². The molecule has 0 saturated heterocycles. The summed E-state index contributed by atoms with van der Waals surface area (Å²) in [6.07, 6.45) is 0.648. The predicted octanol–water partition coefficient (Wildman–Crippen LogP) is 0.681. The van der Waals surface area contributed by atoms with Crippen molar-refractivity contribution in [3.8, 4) is 0 Å². The zero-order valence-electron chi connectivity index (χ0n) is 12.5. The Bertz CT molecular complexity index is 481. The van der Waals surface area contributed by atoms with Crippen LogP contribution < -0.4 is 5.73 Å². The Kier molecular flexibility index (Phi) is 9.94. The van der Waals surface area contributed by atoms with Crippen LogP contribution in [0.3, 0.4) is 0 Å². The molecule has 0 radical (unpaired) electrons. The first-order valence-corrected chi connectivity index (χ1v) is 6.70. The highest BCUT2D eigenvalue weighted by molar-refractivity contribution is 5.75. The van der Waals surface area contributed by atoms with Gasteiger partial charge in [-0.2, -0.15) is 0 Å². The standard InChI is InChI=1S/C14H21NO8/c1-9(16)8-23-12(14(20)21)11(17)5-7-22-6-3-2-4-10(15)13(18)19/h7,10,12,16-17H,1-4,6,8,15H2,(H,18,19)(H,20,21). The number of carboxylic acid groups (broad SMARTS) is 2. The van der Waals surface area contributed by atoms with E-state index < -0.39 is 36.5 Å². The summed E-state index contributed by atoms with van der Waals surface area (Å²) in [6.45, 7) is 2.89. The number of hydrogen-bond donors (Lipinski definition) is 5. The zero-order valence-corrected chi connectivity index (χ0v) is 12.5. The van der Waals surface area contributed by atoms with Gasteiger partial charge in [0.25, 0.3) is 0 Å². The van der Waals surface area contributed by atoms with Crippen LogP contribution in [0.4, 0.5) is 0 Å². The van der Waals surface area contributed by atoms with E-state index in [1.54, 1.807) is 0 Å². The molecule has 6 N–H and O–H groups in total. The molecule has 0 amide bonds. The average molecular weight is 331 g/mol. The lowest BCUT2D eigenvalue weighted by Crippen LogP contribution is -2.29. The maximum absolute atomic E-state index is 10.9. The van der Waals surface area contributed by atoms with E-state index in [-0.39, 0.29) is 12.4 Å². The van der Waals surface area contributed by atoms with Crippen LogP contribution in [0.5, 0.6) is 0 Å². The number of unbranched alkanes of at least 4 members (excludes halogenated alkanes) is 1. The highest BCUT2D eigenvalue weighted by Crippen LogP contribution is 2.05. The Hall–Kier alpha value is -2.48. The summed E-state index contributed by atoms with van der Waals surface area (Å²) < 4.78 is 9.71. The first kappa shape index (κ1) is 20.5. The second kappa shape index (κ2) is 11.1. The lowest BCUT2D eigenvalue weighted by Gasteiger charge is -2.10. The molecule has 0 aliphatic rings. The third-order valence-electron chi connectivity index (χ3n) is 2.52. The summed E-state index contributed by atoms with van der Waals surface area (Å²) in [4.78, 5) is 21.3. The van der Waals surface area contributed by atoms with Crippen LogP contribution in [-0.4, -0.2) is 57.7 Å². The van der Waals surface area contributed by atoms with Crippen molar-refractivity contribution in [3.05, 3.63) is 30.1 Å². The van der Waals surface area contributed by atoms with Gasteiger partial charge in [0.1, 0.15) is 24.7 Å². The van der Waals surface area contributed by atoms with Gasteiger partial charge < -0.3 is 35.6 Å². The van der Waals surface area contributed by atoms with Crippen molar-refractivity contribution in [2.24, 2.45) is 5.73 Å². The highest BCUT2D eigenvalue weighted by atomic mass is 16.5. The molecule has 9 nitrogen and oxygen atoms in total. The maximum Gasteiger partial charge on any atom is 0.341 e. The fraction of sp³-hybridized carbons (Fsp3) is 0.500. The van der Waals surface area contributed by atoms with Gasteiger partial charge in [0.15, 0.2) is 5.76 Å². The van der Waals surface area contributed by atoms with E-state index in [9.17, 15) is 14.7 Å². The molecule has 9 heteroatoms. The Labute approximate surface area is 132 Å². The SMILES string of the molecule is C=C(O)COC(C(=O)O)C(O)=C=COCCCCC(N)C(=O)O. The van der Waals surface area contributed by atoms with E-state index in [0.29, 0.717) is 19.3 Å². The zero-order chi connectivity index (χ0) is 17.8. The molecule has 0 aliphatic heterocycles. The van der Waals surface area contributed by atoms with Gasteiger partial charge in [-0.25, -0.2) is 4.79 Å². The third kappa shape index (κ3) is 9.97. The molecule has 2 unspecified atom stereocenters. The summed E-state index contributed by atoms with van der Waals surface area (Å²) in [6, 6.07) is -0.913. The van der Waals surface area contributed by atoms with Crippen LogP contribution in [0.1, 0.15) is 19.3 Å². The fourth-order valence-electron chi connectivity index (χ4n) is 1.36. The molecule has 2 atom stereocenters. The quantitative estimate of drug-likeness (QED) is 0.197. The average Bonchev–Trinajstić information content (AvgIpc) is 2.45. The van der Waals surface area contributed by atoms with E-state index in [1.807, 2.05) is 0 Å². The first-order chi connectivity index (χ1) is 10.8. The Morgan fingerprint density at radius 2 is 1.83 bits per heavy atom. The van der Waals surface area contributed by atoms with E-state index in [0.717, 1.165) is 6.26 Å². The number of nitrogens with two attached hydrogens (primary N) is 1. The minimum atomic E-state index is -1.70. The summed E-state index contributed by atoms with van der Waals surface area (Å²) in [7, 11) is 0. The van der Waals surface area contributed by atoms with Crippen molar-refractivity contribution in [1.29, 1.82) is 0 Å². The molecule has 0 rings (SSSR count). The number of aliphatic carboxylic acids is 2. The summed E-state index contributed by atoms with van der Waals surface area (Å²) >= 11 is 0. The number of hydrogen-bond acceptors (Lipinski definition) is 7. The van der Waals surface area contributed by atoms with Crippen molar-refractivity contribution < 1.29 is 39.5 Å². The minimum absolute atomic E-state index is 0.221. The molecule has 0 aromatic rings. The van der Waals surface area contributed by atoms with Gasteiger partial charge in [-0.1, -0.05) is 6.58 Å². The molecule has 0 spiro atoms. The number of aliphatic hydroxyl groups is 2. The van der Waals surface area contributed by atoms with Gasteiger partial charge >= 0.3 is 11.9 Å². The topological polar surface area (TPSA) is 160 Å². The molecule has 0 fully saturated rings. The van der Waals surface area contributed by atoms with Gasteiger partial charge in [0.2, 0.25) is 6.10 Å². The predicted molar refractivity (Wildman–Crippen MR) is 78.8 cm³/mol. The van der Waals surface area contributed by atoms with Crippen LogP contribution in [0.15, 0.2) is 30.1 Å². The number of rotatable bonds is 12. The van der Waals surface area contributed by atoms with E-state index in [2.05, 4.69) is 12.3 Å². The molecular formula is C14H21NO8. The van der Waals surface area contributed by atoms with Crippen LogP contribution >= 0.6 is 0 Å². The minimum Gasteiger partial charge on any atom is -0.510 e. The van der Waals surface area contributed by atoms with Crippen molar-refractivity contribution in [1.82, 2.24) is 0 Å². The summed E-state index contributed by atoms with van der Waals surface area (Å²) in [5, 5.41) is 35.8. The number of aliphatic hydroxyl groups excluding tert-OH is 2. The molecule has 23 heavy (non-hydrogen) atoms. The van der Waals surface area contributed by atoms with Crippen molar-refractivity contribution in [2.75, 3.05) is 13.2 Å². The molecule has 130 valence electrons. The molecule has 0 bridgehead atoms. The number of carbonyl (C=O) groups is 2. The Balaban J connectivity index is 4.21. The molecule has 0 aliphatic carbocycles. The lowest BCUT2D eigenvalue weighted by molar-refractivity contribution is -0.149. The largest absolute Gasteiger partial charge is 0.510 e. The second-order valence-corrected chi connectivity index (χ2v) is 4.55. The first-order valence-electron chi connectivity index (χ1n) is 6.70. The fourth-order valence-corrected chi connectivity index (χ4v) is 1.36. The van der Waals surface area contributed by atoms with Gasteiger partial charge in [-0.15, -0.1) is 0 Å². The molecule has 0 heterocycles. The van der Waals surface area contributed by atoms with Crippen LogP contribution in [0.2, 0.25) is 0 Å². The normalized spacial score (nSPS) is 12.6. The van der Waals surface area contributed by atoms with Crippen molar-refractivity contribution in [2.45, 2.75) is 31.4 Å². The van der Waals surface area contributed by atoms with Crippen LogP contribution in [0.25, 0.3) is 0 Å². The van der Waals surface area contributed by atoms with E-state index >= 15 is 0 Å². The Morgan fingerprint density at radius 1 is 1.17 bits per heavy atom.